The summed E-state index contributed by atoms with van der Waals surface area (Å²) < 4.78 is 10.6. The van der Waals surface area contributed by atoms with Crippen molar-refractivity contribution in [2.45, 2.75) is 0 Å². The Labute approximate surface area is 140 Å². The lowest BCUT2D eigenvalue weighted by Crippen LogP contribution is -1.99. The number of imidazole rings is 2. The van der Waals surface area contributed by atoms with Gasteiger partial charge in [0.2, 0.25) is 0 Å². The van der Waals surface area contributed by atoms with Gasteiger partial charge in [-0.15, -0.1) is 0 Å². The van der Waals surface area contributed by atoms with Crippen molar-refractivity contribution in [1.29, 1.82) is 0 Å². The number of fused-ring (bicyclic) bond motifs is 2. The highest BCUT2D eigenvalue weighted by molar-refractivity contribution is 6.35. The van der Waals surface area contributed by atoms with E-state index in [1.807, 2.05) is 12.1 Å². The van der Waals surface area contributed by atoms with Crippen molar-refractivity contribution < 1.29 is 9.47 Å². The van der Waals surface area contributed by atoms with E-state index in [-0.39, 0.29) is 5.69 Å². The van der Waals surface area contributed by atoms with Crippen LogP contribution in [0.5, 0.6) is 11.5 Å². The summed E-state index contributed by atoms with van der Waals surface area (Å²) in [6.45, 7) is 0. The van der Waals surface area contributed by atoms with E-state index in [0.717, 1.165) is 11.0 Å². The highest BCUT2D eigenvalue weighted by atomic mass is 35.5. The number of H-pyrrole nitrogens is 3. The molecule has 4 rings (SSSR count). The van der Waals surface area contributed by atoms with Gasteiger partial charge in [0.15, 0.2) is 11.5 Å². The van der Waals surface area contributed by atoms with Gasteiger partial charge in [-0.2, -0.15) is 0 Å². The van der Waals surface area contributed by atoms with E-state index in [0.29, 0.717) is 38.9 Å². The Morgan fingerprint density at radius 3 is 2.46 bits per heavy atom. The van der Waals surface area contributed by atoms with Crippen molar-refractivity contribution in [3.63, 3.8) is 0 Å². The van der Waals surface area contributed by atoms with Crippen molar-refractivity contribution in [3.8, 4) is 22.9 Å². The maximum Gasteiger partial charge on any atom is 0.323 e. The Kier molecular flexibility index (Phi) is 3.24. The largest absolute Gasteiger partial charge is 0.493 e. The third-order valence-electron chi connectivity index (χ3n) is 3.86. The van der Waals surface area contributed by atoms with Crippen LogP contribution in [0.4, 0.5) is 0 Å². The van der Waals surface area contributed by atoms with Gasteiger partial charge in [0.1, 0.15) is 5.82 Å². The second-order valence-electron chi connectivity index (χ2n) is 5.24. The monoisotopic (exact) mass is 344 g/mol. The van der Waals surface area contributed by atoms with E-state index in [2.05, 4.69) is 19.9 Å². The zero-order valence-electron chi connectivity index (χ0n) is 12.9. The molecule has 0 saturated carbocycles. The summed E-state index contributed by atoms with van der Waals surface area (Å²) >= 11 is 6.44. The van der Waals surface area contributed by atoms with E-state index in [9.17, 15) is 4.79 Å². The molecule has 7 nitrogen and oxygen atoms in total. The van der Waals surface area contributed by atoms with Crippen LogP contribution in [-0.2, 0) is 0 Å². The third kappa shape index (κ3) is 2.13. The van der Waals surface area contributed by atoms with Crippen LogP contribution >= 0.6 is 11.6 Å². The first kappa shape index (κ1) is 14.6. The number of nitrogens with zero attached hydrogens (tertiary/aromatic N) is 1. The van der Waals surface area contributed by atoms with Crippen LogP contribution in [0.3, 0.4) is 0 Å². The van der Waals surface area contributed by atoms with Crippen LogP contribution in [0.15, 0.2) is 29.1 Å². The Bertz CT molecular complexity index is 1070. The minimum Gasteiger partial charge on any atom is -0.493 e. The van der Waals surface area contributed by atoms with Crippen LogP contribution in [0.1, 0.15) is 0 Å². The average Bonchev–Trinajstić information content (AvgIpc) is 3.12. The van der Waals surface area contributed by atoms with E-state index >= 15 is 0 Å². The molecular weight excluding hydrogens is 332 g/mol. The summed E-state index contributed by atoms with van der Waals surface area (Å²) in [4.78, 5) is 24.6. The molecule has 0 aliphatic carbocycles. The first-order chi connectivity index (χ1) is 11.6. The molecule has 2 heterocycles. The van der Waals surface area contributed by atoms with Crippen molar-refractivity contribution >= 4 is 33.7 Å². The van der Waals surface area contributed by atoms with Gasteiger partial charge >= 0.3 is 5.69 Å². The number of rotatable bonds is 3. The lowest BCUT2D eigenvalue weighted by atomic mass is 10.2. The van der Waals surface area contributed by atoms with Gasteiger partial charge in [0, 0.05) is 5.56 Å². The molecule has 0 bridgehead atoms. The minimum absolute atomic E-state index is 0.249. The van der Waals surface area contributed by atoms with Crippen LogP contribution in [0.25, 0.3) is 33.5 Å². The molecule has 0 atom stereocenters. The zero-order chi connectivity index (χ0) is 16.8. The zero-order valence-corrected chi connectivity index (χ0v) is 13.6. The Hall–Kier alpha value is -2.93. The lowest BCUT2D eigenvalue weighted by molar-refractivity contribution is 0.355. The number of nitrogens with one attached hydrogen (secondary N) is 3. The van der Waals surface area contributed by atoms with Crippen LogP contribution in [0, 0.1) is 0 Å². The van der Waals surface area contributed by atoms with E-state index in [1.54, 1.807) is 19.2 Å². The van der Waals surface area contributed by atoms with E-state index in [4.69, 9.17) is 21.1 Å². The van der Waals surface area contributed by atoms with Crippen LogP contribution < -0.4 is 15.2 Å². The molecule has 4 aromatic rings. The molecule has 0 aliphatic rings. The number of aromatic amines is 3. The van der Waals surface area contributed by atoms with Crippen LogP contribution in [-0.4, -0.2) is 34.2 Å². The fourth-order valence-corrected chi connectivity index (χ4v) is 3.06. The first-order valence-corrected chi connectivity index (χ1v) is 7.51. The minimum atomic E-state index is -0.249. The van der Waals surface area contributed by atoms with Gasteiger partial charge in [-0.3, -0.25) is 0 Å². The average molecular weight is 345 g/mol. The van der Waals surface area contributed by atoms with Crippen molar-refractivity contribution in [1.82, 2.24) is 19.9 Å². The molecule has 122 valence electrons. The van der Waals surface area contributed by atoms with E-state index < -0.39 is 0 Å². The smallest absolute Gasteiger partial charge is 0.323 e. The highest BCUT2D eigenvalue weighted by Gasteiger charge is 2.17. The molecule has 0 radical (unpaired) electrons. The second kappa shape index (κ2) is 5.31. The molecule has 24 heavy (non-hydrogen) atoms. The molecule has 0 spiro atoms. The first-order valence-electron chi connectivity index (χ1n) is 7.13. The van der Waals surface area contributed by atoms with E-state index in [1.165, 1.54) is 7.11 Å². The summed E-state index contributed by atoms with van der Waals surface area (Å²) in [5, 5.41) is 0.412. The van der Waals surface area contributed by atoms with Crippen molar-refractivity contribution in [2.24, 2.45) is 0 Å². The molecule has 0 unspecified atom stereocenters. The van der Waals surface area contributed by atoms with Gasteiger partial charge < -0.3 is 24.4 Å². The molecular formula is C16H13ClN4O3. The quantitative estimate of drug-likeness (QED) is 0.532. The summed E-state index contributed by atoms with van der Waals surface area (Å²) in [5.41, 5.74) is 3.37. The topological polar surface area (TPSA) is 95.8 Å². The van der Waals surface area contributed by atoms with Gasteiger partial charge in [-0.1, -0.05) is 11.6 Å². The summed E-state index contributed by atoms with van der Waals surface area (Å²) in [7, 11) is 3.09. The molecule has 0 fully saturated rings. The number of methoxy groups -OCH3 is 2. The molecule has 0 aliphatic heterocycles. The predicted octanol–water partition coefficient (Wildman–Crippen LogP) is 3.07. The van der Waals surface area contributed by atoms with Gasteiger partial charge in [-0.05, 0) is 24.3 Å². The second-order valence-corrected chi connectivity index (χ2v) is 5.62. The standard InChI is InChI=1S/C16H13ClN4O3/c1-23-12-4-3-7(13(17)14(12)24-2)15-18-8-5-10-11(6-9(8)19-15)21-16(22)20-10/h3-6H,1-2H3,(H,18,19)(H2,20,21,22). The lowest BCUT2D eigenvalue weighted by Gasteiger charge is -2.11. The molecule has 8 heteroatoms. The highest BCUT2D eigenvalue weighted by Crippen LogP contribution is 2.41. The summed E-state index contributed by atoms with van der Waals surface area (Å²) in [5.74, 6) is 1.60. The SMILES string of the molecule is COc1ccc(-c2nc3cc4[nH]c(=O)[nH]c4cc3[nH]2)c(Cl)c1OC. The normalized spacial score (nSPS) is 11.3. The maximum absolute atomic E-state index is 11.4. The third-order valence-corrected chi connectivity index (χ3v) is 4.23. The van der Waals surface area contributed by atoms with Gasteiger partial charge in [-0.25, -0.2) is 9.78 Å². The fraction of sp³-hybridized carbons (Fsp3) is 0.125. The summed E-state index contributed by atoms with van der Waals surface area (Å²) in [6, 6.07) is 7.22. The molecule has 2 aromatic heterocycles. The number of halogens is 1. The number of hydrogen-bond acceptors (Lipinski definition) is 4. The van der Waals surface area contributed by atoms with Crippen molar-refractivity contribution in [2.75, 3.05) is 14.2 Å². The summed E-state index contributed by atoms with van der Waals surface area (Å²) in [6.07, 6.45) is 0. The van der Waals surface area contributed by atoms with Crippen molar-refractivity contribution in [3.05, 3.63) is 39.8 Å². The van der Waals surface area contributed by atoms with Crippen LogP contribution in [0.2, 0.25) is 5.02 Å². The predicted molar refractivity (Wildman–Crippen MR) is 92.1 cm³/mol. The molecule has 0 amide bonds. The molecule has 2 aromatic carbocycles. The van der Waals surface area contributed by atoms with Gasteiger partial charge in [0.25, 0.3) is 0 Å². The molecule has 0 saturated heterocycles. The van der Waals surface area contributed by atoms with Gasteiger partial charge in [0.05, 0.1) is 41.3 Å². The number of hydrogen-bond donors (Lipinski definition) is 3. The number of benzene rings is 2. The number of ether oxygens (including phenoxy) is 2. The maximum atomic E-state index is 11.4. The fourth-order valence-electron chi connectivity index (χ4n) is 2.74. The Morgan fingerprint density at radius 2 is 1.75 bits per heavy atom. The Balaban J connectivity index is 1.91. The Morgan fingerprint density at radius 1 is 1.00 bits per heavy atom. The molecule has 3 N–H and O–H groups in total. The number of aromatic nitrogens is 4.